The summed E-state index contributed by atoms with van der Waals surface area (Å²) in [5.41, 5.74) is 3.51. The van der Waals surface area contributed by atoms with E-state index >= 15 is 0 Å². The normalized spacial score (nSPS) is 16.9. The summed E-state index contributed by atoms with van der Waals surface area (Å²) in [6, 6.07) is 15.4. The molecule has 1 N–H and O–H groups in total. The fourth-order valence-corrected chi connectivity index (χ4v) is 6.34. The van der Waals surface area contributed by atoms with Crippen LogP contribution in [0.2, 0.25) is 15.1 Å². The molecule has 1 spiro atoms. The summed E-state index contributed by atoms with van der Waals surface area (Å²) in [5, 5.41) is 14.7. The molecule has 4 aromatic rings. The van der Waals surface area contributed by atoms with E-state index in [-0.39, 0.29) is 23.1 Å². The number of amides is 1. The first kappa shape index (κ1) is 25.4. The standard InChI is InChI=1S/C30H21Cl3N2O5/c31-21-2-1-3-22(32)25(21)26-19(27(40-34-26)15-4-5-15)14-39-17-7-9-24-20(13-17)30(10-11-30)29(38)35(24)16-6-8-18(28(36)37)23(33)12-16/h1-3,6-9,12-13,15H,4-5,10-11,14H2,(H,36,37). The van der Waals surface area contributed by atoms with E-state index in [1.54, 1.807) is 29.2 Å². The van der Waals surface area contributed by atoms with Crippen LogP contribution < -0.4 is 9.64 Å². The number of hydrogen-bond acceptors (Lipinski definition) is 5. The predicted molar refractivity (Wildman–Crippen MR) is 151 cm³/mol. The van der Waals surface area contributed by atoms with Gasteiger partial charge in [-0.25, -0.2) is 4.79 Å². The maximum absolute atomic E-state index is 13.6. The van der Waals surface area contributed by atoms with E-state index in [1.165, 1.54) is 12.1 Å². The zero-order valence-corrected chi connectivity index (χ0v) is 23.2. The quantitative estimate of drug-likeness (QED) is 0.232. The van der Waals surface area contributed by atoms with Crippen molar-refractivity contribution in [2.75, 3.05) is 4.90 Å². The summed E-state index contributed by atoms with van der Waals surface area (Å²) in [5.74, 6) is 0.514. The van der Waals surface area contributed by atoms with Gasteiger partial charge >= 0.3 is 5.97 Å². The lowest BCUT2D eigenvalue weighted by Gasteiger charge is -2.19. The highest BCUT2D eigenvalue weighted by Crippen LogP contribution is 2.59. The van der Waals surface area contributed by atoms with Crippen LogP contribution in [-0.4, -0.2) is 22.1 Å². The van der Waals surface area contributed by atoms with Crippen molar-refractivity contribution in [1.82, 2.24) is 5.16 Å². The van der Waals surface area contributed by atoms with Crippen molar-refractivity contribution in [3.8, 4) is 17.0 Å². The fourth-order valence-electron chi connectivity index (χ4n) is 5.51. The van der Waals surface area contributed by atoms with Gasteiger partial charge in [-0.05, 0) is 79.8 Å². The molecule has 0 saturated heterocycles. The SMILES string of the molecule is O=C(O)c1ccc(N2C(=O)C3(CC3)c3cc(OCc4c(-c5c(Cl)cccc5Cl)noc4C4CC4)ccc32)cc1Cl. The number of benzene rings is 3. The van der Waals surface area contributed by atoms with Gasteiger partial charge in [-0.2, -0.15) is 0 Å². The van der Waals surface area contributed by atoms with Crippen LogP contribution in [-0.2, 0) is 16.8 Å². The Hall–Kier alpha value is -3.52. The molecule has 2 heterocycles. The number of aromatic nitrogens is 1. The zero-order valence-electron chi connectivity index (χ0n) is 20.9. The Balaban J connectivity index is 1.22. The van der Waals surface area contributed by atoms with E-state index in [4.69, 9.17) is 44.1 Å². The molecule has 3 aromatic carbocycles. The molecule has 0 radical (unpaired) electrons. The van der Waals surface area contributed by atoms with Crippen molar-refractivity contribution < 1.29 is 24.0 Å². The van der Waals surface area contributed by atoms with Crippen molar-refractivity contribution in [3.05, 3.63) is 92.1 Å². The van der Waals surface area contributed by atoms with Crippen LogP contribution in [0.3, 0.4) is 0 Å². The van der Waals surface area contributed by atoms with E-state index in [9.17, 15) is 14.7 Å². The highest BCUT2D eigenvalue weighted by atomic mass is 35.5. The average molecular weight is 596 g/mol. The largest absolute Gasteiger partial charge is 0.489 e. The molecular formula is C30H21Cl3N2O5. The molecule has 0 bridgehead atoms. The molecule has 1 aliphatic heterocycles. The number of carbonyl (C=O) groups excluding carboxylic acids is 1. The van der Waals surface area contributed by atoms with E-state index in [0.29, 0.717) is 38.7 Å². The minimum Gasteiger partial charge on any atom is -0.489 e. The van der Waals surface area contributed by atoms with Crippen molar-refractivity contribution in [1.29, 1.82) is 0 Å². The van der Waals surface area contributed by atoms with Crippen LogP contribution in [0.15, 0.2) is 59.1 Å². The van der Waals surface area contributed by atoms with Crippen LogP contribution in [0.25, 0.3) is 11.3 Å². The molecule has 3 aliphatic rings. The van der Waals surface area contributed by atoms with Gasteiger partial charge in [-0.1, -0.05) is 46.0 Å². The van der Waals surface area contributed by atoms with Gasteiger partial charge < -0.3 is 14.4 Å². The zero-order chi connectivity index (χ0) is 27.8. The van der Waals surface area contributed by atoms with Crippen LogP contribution >= 0.6 is 34.8 Å². The van der Waals surface area contributed by atoms with Crippen molar-refractivity contribution in [3.63, 3.8) is 0 Å². The number of carboxylic acids is 1. The third-order valence-electron chi connectivity index (χ3n) is 7.88. The van der Waals surface area contributed by atoms with Gasteiger partial charge in [-0.15, -0.1) is 0 Å². The Morgan fingerprint density at radius 2 is 1.80 bits per heavy atom. The minimum absolute atomic E-state index is 0.0149. The second kappa shape index (κ2) is 9.26. The Bertz CT molecular complexity index is 1700. The Kier molecular flexibility index (Phi) is 5.89. The molecule has 1 aromatic heterocycles. The Labute approximate surface area is 244 Å². The molecule has 7 rings (SSSR count). The van der Waals surface area contributed by atoms with Crippen LogP contribution in [0.1, 0.15) is 58.8 Å². The Morgan fingerprint density at radius 3 is 2.45 bits per heavy atom. The third kappa shape index (κ3) is 3.99. The summed E-state index contributed by atoms with van der Waals surface area (Å²) in [7, 11) is 0. The topological polar surface area (TPSA) is 92.9 Å². The molecule has 202 valence electrons. The number of ether oxygens (including phenoxy) is 1. The van der Waals surface area contributed by atoms with Crippen molar-refractivity contribution >= 4 is 58.1 Å². The van der Waals surface area contributed by atoms with Crippen LogP contribution in [0, 0.1) is 0 Å². The number of aromatic carboxylic acids is 1. The molecule has 10 heteroatoms. The summed E-state index contributed by atoms with van der Waals surface area (Å²) >= 11 is 19.2. The lowest BCUT2D eigenvalue weighted by atomic mass is 9.98. The van der Waals surface area contributed by atoms with Crippen LogP contribution in [0.5, 0.6) is 5.75 Å². The highest BCUT2D eigenvalue weighted by molar-refractivity contribution is 6.39. The molecule has 7 nitrogen and oxygen atoms in total. The maximum atomic E-state index is 13.6. The highest BCUT2D eigenvalue weighted by Gasteiger charge is 2.59. The molecule has 2 saturated carbocycles. The minimum atomic E-state index is -1.12. The monoisotopic (exact) mass is 594 g/mol. The van der Waals surface area contributed by atoms with Gasteiger partial charge in [0, 0.05) is 11.5 Å². The van der Waals surface area contributed by atoms with Crippen molar-refractivity contribution in [2.24, 2.45) is 0 Å². The molecule has 1 amide bonds. The molecule has 40 heavy (non-hydrogen) atoms. The van der Waals surface area contributed by atoms with Gasteiger partial charge in [-0.3, -0.25) is 9.69 Å². The summed E-state index contributed by atoms with van der Waals surface area (Å²) in [6.07, 6.45) is 3.50. The van der Waals surface area contributed by atoms with Gasteiger partial charge in [0.05, 0.1) is 43.0 Å². The lowest BCUT2D eigenvalue weighted by molar-refractivity contribution is -0.119. The van der Waals surface area contributed by atoms with Gasteiger partial charge in [0.25, 0.3) is 0 Å². The van der Waals surface area contributed by atoms with Crippen LogP contribution in [0.4, 0.5) is 11.4 Å². The summed E-state index contributed by atoms with van der Waals surface area (Å²) < 4.78 is 12.0. The molecular weight excluding hydrogens is 575 g/mol. The number of halogens is 3. The summed E-state index contributed by atoms with van der Waals surface area (Å²) in [4.78, 5) is 26.6. The molecule has 0 atom stereocenters. The number of fused-ring (bicyclic) bond motifs is 2. The lowest BCUT2D eigenvalue weighted by Crippen LogP contribution is -2.27. The average Bonchev–Trinajstić information content (AvgIpc) is 3.85. The molecule has 2 aliphatic carbocycles. The second-order valence-electron chi connectivity index (χ2n) is 10.4. The smallest absolute Gasteiger partial charge is 0.337 e. The number of rotatable bonds is 7. The predicted octanol–water partition coefficient (Wildman–Crippen LogP) is 8.17. The molecule has 2 fully saturated rings. The second-order valence-corrected chi connectivity index (χ2v) is 11.6. The number of carbonyl (C=O) groups is 2. The van der Waals surface area contributed by atoms with E-state index in [0.717, 1.165) is 48.3 Å². The van der Waals surface area contributed by atoms with Gasteiger partial charge in [0.15, 0.2) is 0 Å². The van der Waals surface area contributed by atoms with Gasteiger partial charge in [0.2, 0.25) is 5.91 Å². The van der Waals surface area contributed by atoms with Crippen molar-refractivity contribution in [2.45, 2.75) is 43.6 Å². The number of hydrogen-bond donors (Lipinski definition) is 1. The Morgan fingerprint density at radius 1 is 1.05 bits per heavy atom. The number of anilines is 2. The van der Waals surface area contributed by atoms with E-state index in [2.05, 4.69) is 5.16 Å². The van der Waals surface area contributed by atoms with E-state index in [1.807, 2.05) is 18.2 Å². The van der Waals surface area contributed by atoms with Gasteiger partial charge in [0.1, 0.15) is 23.8 Å². The number of nitrogens with zero attached hydrogens (tertiary/aromatic N) is 2. The third-order valence-corrected chi connectivity index (χ3v) is 8.82. The first-order chi connectivity index (χ1) is 19.3. The first-order valence-corrected chi connectivity index (χ1v) is 14.0. The molecule has 0 unspecified atom stereocenters. The van der Waals surface area contributed by atoms with E-state index < -0.39 is 11.4 Å². The first-order valence-electron chi connectivity index (χ1n) is 12.9. The fraction of sp³-hybridized carbons (Fsp3) is 0.233. The number of carboxylic acid groups (broad SMARTS) is 1. The maximum Gasteiger partial charge on any atom is 0.337 e. The summed E-state index contributed by atoms with van der Waals surface area (Å²) in [6.45, 7) is 0.196.